The van der Waals surface area contributed by atoms with Gasteiger partial charge in [0.15, 0.2) is 5.13 Å². The third-order valence-electron chi connectivity index (χ3n) is 3.78. The second-order valence-electron chi connectivity index (χ2n) is 6.69. The van der Waals surface area contributed by atoms with Crippen LogP contribution in [0.4, 0.5) is 5.13 Å². The molecule has 0 bridgehead atoms. The van der Waals surface area contributed by atoms with Crippen molar-refractivity contribution in [1.82, 2.24) is 15.2 Å². The second-order valence-corrected chi connectivity index (χ2v) is 7.76. The Morgan fingerprint density at radius 2 is 1.95 bits per heavy atom. The summed E-state index contributed by atoms with van der Waals surface area (Å²) in [5.74, 6) is 0.731. The van der Waals surface area contributed by atoms with Crippen molar-refractivity contribution in [3.63, 3.8) is 0 Å². The van der Waals surface area contributed by atoms with Crippen molar-refractivity contribution in [3.8, 4) is 0 Å². The van der Waals surface area contributed by atoms with Gasteiger partial charge >= 0.3 is 0 Å². The molecular formula is C16H30N4S. The maximum atomic E-state index is 4.94. The highest BCUT2D eigenvalue weighted by Gasteiger charge is 2.30. The molecule has 0 atom stereocenters. The molecule has 1 aliphatic rings. The number of nitrogens with one attached hydrogen (secondary N) is 1. The van der Waals surface area contributed by atoms with Gasteiger partial charge in [-0.2, -0.15) is 0 Å². The summed E-state index contributed by atoms with van der Waals surface area (Å²) in [6, 6.07) is 0.528. The molecule has 1 aliphatic carbocycles. The molecule has 0 saturated heterocycles. The van der Waals surface area contributed by atoms with Crippen LogP contribution >= 0.6 is 11.3 Å². The van der Waals surface area contributed by atoms with Gasteiger partial charge in [-0.15, -0.1) is 11.3 Å². The predicted octanol–water partition coefficient (Wildman–Crippen LogP) is 2.91. The van der Waals surface area contributed by atoms with E-state index < -0.39 is 0 Å². The highest BCUT2D eigenvalue weighted by atomic mass is 32.1. The van der Waals surface area contributed by atoms with Gasteiger partial charge in [-0.25, -0.2) is 4.98 Å². The first kappa shape index (κ1) is 16.7. The molecule has 1 saturated carbocycles. The molecule has 0 radical (unpaired) electrons. The fraction of sp³-hybridized carbons (Fsp3) is 0.812. The molecule has 1 aromatic heterocycles. The van der Waals surface area contributed by atoms with Crippen LogP contribution in [-0.4, -0.2) is 50.2 Å². The average Bonchev–Trinajstić information content (AvgIpc) is 3.15. The summed E-state index contributed by atoms with van der Waals surface area (Å²) in [5.41, 5.74) is 1.36. The molecule has 1 heterocycles. The summed E-state index contributed by atoms with van der Waals surface area (Å²) in [4.78, 5) is 10.9. The molecular weight excluding hydrogens is 280 g/mol. The van der Waals surface area contributed by atoms with E-state index in [9.17, 15) is 0 Å². The smallest absolute Gasteiger partial charge is 0.185 e. The molecule has 5 heteroatoms. The fourth-order valence-electron chi connectivity index (χ4n) is 2.33. The molecule has 1 N–H and O–H groups in total. The quantitative estimate of drug-likeness (QED) is 0.760. The predicted molar refractivity (Wildman–Crippen MR) is 92.5 cm³/mol. The van der Waals surface area contributed by atoms with Gasteiger partial charge in [-0.05, 0) is 39.9 Å². The molecule has 2 rings (SSSR count). The zero-order chi connectivity index (χ0) is 15.4. The largest absolute Gasteiger partial charge is 0.351 e. The highest BCUT2D eigenvalue weighted by molar-refractivity contribution is 7.15. The van der Waals surface area contributed by atoms with E-state index in [2.05, 4.69) is 50.1 Å². The molecule has 4 nitrogen and oxygen atoms in total. The summed E-state index contributed by atoms with van der Waals surface area (Å²) in [7, 11) is 6.43. The van der Waals surface area contributed by atoms with Crippen molar-refractivity contribution in [2.75, 3.05) is 39.1 Å². The van der Waals surface area contributed by atoms with Crippen LogP contribution in [0.25, 0.3) is 0 Å². The number of nitrogens with zero attached hydrogens (tertiary/aromatic N) is 3. The Morgan fingerprint density at radius 3 is 2.52 bits per heavy atom. The number of hydrogen-bond acceptors (Lipinski definition) is 5. The van der Waals surface area contributed by atoms with Crippen molar-refractivity contribution < 1.29 is 0 Å². The van der Waals surface area contributed by atoms with Gasteiger partial charge in [-0.1, -0.05) is 13.8 Å². The summed E-state index contributed by atoms with van der Waals surface area (Å²) in [5, 5.41) is 4.73. The Labute approximate surface area is 133 Å². The van der Waals surface area contributed by atoms with Crippen molar-refractivity contribution in [2.45, 2.75) is 51.6 Å². The van der Waals surface area contributed by atoms with Crippen LogP contribution < -0.4 is 10.2 Å². The van der Waals surface area contributed by atoms with Crippen LogP contribution in [0.3, 0.4) is 0 Å². The second kappa shape index (κ2) is 7.56. The highest BCUT2D eigenvalue weighted by Crippen LogP contribution is 2.44. The van der Waals surface area contributed by atoms with Crippen molar-refractivity contribution in [3.05, 3.63) is 10.6 Å². The standard InChI is InChI=1S/C16H30N4S/c1-12(2)17-11-14-15(13-7-8-13)18-16(21-14)20(5)10-6-9-19(3)4/h12-13,17H,6-11H2,1-5H3. The molecule has 0 amide bonds. The molecule has 0 aromatic carbocycles. The summed E-state index contributed by atoms with van der Waals surface area (Å²) >= 11 is 1.88. The third-order valence-corrected chi connectivity index (χ3v) is 4.96. The van der Waals surface area contributed by atoms with Gasteiger partial charge in [0, 0.05) is 37.0 Å². The molecule has 120 valence electrons. The molecule has 0 unspecified atom stereocenters. The van der Waals surface area contributed by atoms with E-state index >= 15 is 0 Å². The lowest BCUT2D eigenvalue weighted by Gasteiger charge is -2.17. The Balaban J connectivity index is 1.97. The third kappa shape index (κ3) is 5.24. The lowest BCUT2D eigenvalue weighted by atomic mass is 10.2. The minimum Gasteiger partial charge on any atom is -0.351 e. The van der Waals surface area contributed by atoms with Gasteiger partial charge in [0.05, 0.1) is 5.69 Å². The van der Waals surface area contributed by atoms with Crippen LogP contribution in [0.2, 0.25) is 0 Å². The molecule has 0 aliphatic heterocycles. The van der Waals surface area contributed by atoms with Crippen LogP contribution in [-0.2, 0) is 6.54 Å². The van der Waals surface area contributed by atoms with E-state index in [0.717, 1.165) is 25.6 Å². The number of hydrogen-bond donors (Lipinski definition) is 1. The van der Waals surface area contributed by atoms with E-state index in [1.165, 1.54) is 35.0 Å². The van der Waals surface area contributed by atoms with Crippen molar-refractivity contribution >= 4 is 16.5 Å². The number of rotatable bonds is 9. The first-order chi connectivity index (χ1) is 9.97. The number of thiazole rings is 1. The Bertz CT molecular complexity index is 437. The van der Waals surface area contributed by atoms with E-state index in [1.807, 2.05) is 11.3 Å². The number of aromatic nitrogens is 1. The first-order valence-corrected chi connectivity index (χ1v) is 8.88. The lowest BCUT2D eigenvalue weighted by molar-refractivity contribution is 0.401. The monoisotopic (exact) mass is 310 g/mol. The zero-order valence-corrected chi connectivity index (χ0v) is 15.0. The van der Waals surface area contributed by atoms with Crippen molar-refractivity contribution in [1.29, 1.82) is 0 Å². The SMILES string of the molecule is CC(C)NCc1sc(N(C)CCCN(C)C)nc1C1CC1. The Kier molecular flexibility index (Phi) is 6.02. The zero-order valence-electron chi connectivity index (χ0n) is 14.1. The maximum Gasteiger partial charge on any atom is 0.185 e. The van der Waals surface area contributed by atoms with Gasteiger partial charge in [0.25, 0.3) is 0 Å². The molecule has 1 aromatic rings. The van der Waals surface area contributed by atoms with E-state index in [0.29, 0.717) is 6.04 Å². The molecule has 1 fully saturated rings. The topological polar surface area (TPSA) is 31.4 Å². The van der Waals surface area contributed by atoms with Gasteiger partial charge < -0.3 is 15.1 Å². The average molecular weight is 311 g/mol. The maximum absolute atomic E-state index is 4.94. The Hall–Kier alpha value is -0.650. The Morgan fingerprint density at radius 1 is 1.24 bits per heavy atom. The normalized spacial score (nSPS) is 15.2. The van der Waals surface area contributed by atoms with Crippen LogP contribution in [0.15, 0.2) is 0 Å². The van der Waals surface area contributed by atoms with Crippen LogP contribution in [0, 0.1) is 0 Å². The summed E-state index contributed by atoms with van der Waals surface area (Å²) in [6.45, 7) is 7.57. The molecule has 0 spiro atoms. The van der Waals surface area contributed by atoms with Crippen molar-refractivity contribution in [2.24, 2.45) is 0 Å². The first-order valence-electron chi connectivity index (χ1n) is 8.06. The lowest BCUT2D eigenvalue weighted by Crippen LogP contribution is -2.23. The van der Waals surface area contributed by atoms with E-state index in [-0.39, 0.29) is 0 Å². The summed E-state index contributed by atoms with van der Waals surface area (Å²) in [6.07, 6.45) is 3.83. The van der Waals surface area contributed by atoms with Crippen LogP contribution in [0.1, 0.15) is 49.6 Å². The fourth-order valence-corrected chi connectivity index (χ4v) is 3.42. The molecule has 21 heavy (non-hydrogen) atoms. The van der Waals surface area contributed by atoms with Gasteiger partial charge in [-0.3, -0.25) is 0 Å². The number of anilines is 1. The van der Waals surface area contributed by atoms with Gasteiger partial charge in [0.1, 0.15) is 0 Å². The minimum atomic E-state index is 0.528. The van der Waals surface area contributed by atoms with E-state index in [4.69, 9.17) is 4.98 Å². The van der Waals surface area contributed by atoms with Crippen LogP contribution in [0.5, 0.6) is 0 Å². The van der Waals surface area contributed by atoms with E-state index in [1.54, 1.807) is 0 Å². The summed E-state index contributed by atoms with van der Waals surface area (Å²) < 4.78 is 0. The minimum absolute atomic E-state index is 0.528. The van der Waals surface area contributed by atoms with Gasteiger partial charge in [0.2, 0.25) is 0 Å².